The van der Waals surface area contributed by atoms with Crippen molar-refractivity contribution in [3.05, 3.63) is 71.3 Å². The lowest BCUT2D eigenvalue weighted by Gasteiger charge is -2.17. The maximum atomic E-state index is 12.1. The molecule has 2 aromatic carbocycles. The zero-order chi connectivity index (χ0) is 12.4. The van der Waals surface area contributed by atoms with Crippen LogP contribution in [0.1, 0.15) is 21.5 Å². The van der Waals surface area contributed by atoms with Crippen LogP contribution in [0, 0.1) is 0 Å². The van der Waals surface area contributed by atoms with E-state index in [-0.39, 0.29) is 5.91 Å². The Balaban J connectivity index is 1.68. The lowest BCUT2D eigenvalue weighted by molar-refractivity contribution is 0.0678. The molecular formula is C15H14N2O. The number of rotatable bonds is 3. The second kappa shape index (κ2) is 4.63. The van der Waals surface area contributed by atoms with Crippen molar-refractivity contribution in [3.8, 4) is 0 Å². The second-order valence-corrected chi connectivity index (χ2v) is 4.37. The standard InChI is InChI=1S/C15H14N2O/c18-15-14-9-5-4-8-13(14)11-17(15)16-10-12-6-2-1-3-7-12/h1-9,16H,10-11H2. The van der Waals surface area contributed by atoms with E-state index in [1.54, 1.807) is 5.01 Å². The Kier molecular flexibility index (Phi) is 2.82. The molecule has 0 unspecified atom stereocenters. The lowest BCUT2D eigenvalue weighted by Crippen LogP contribution is -2.37. The first-order valence-electron chi connectivity index (χ1n) is 6.02. The molecule has 0 saturated carbocycles. The summed E-state index contributed by atoms with van der Waals surface area (Å²) in [6.07, 6.45) is 0. The number of nitrogens with zero attached hydrogens (tertiary/aromatic N) is 1. The number of hydrogen-bond acceptors (Lipinski definition) is 2. The molecule has 0 saturated heterocycles. The maximum Gasteiger partial charge on any atom is 0.268 e. The second-order valence-electron chi connectivity index (χ2n) is 4.37. The number of hydrogen-bond donors (Lipinski definition) is 1. The third-order valence-corrected chi connectivity index (χ3v) is 3.14. The van der Waals surface area contributed by atoms with Gasteiger partial charge >= 0.3 is 0 Å². The van der Waals surface area contributed by atoms with Gasteiger partial charge in [-0.25, -0.2) is 5.43 Å². The van der Waals surface area contributed by atoms with Gasteiger partial charge in [-0.05, 0) is 17.2 Å². The molecule has 1 aliphatic rings. The van der Waals surface area contributed by atoms with E-state index >= 15 is 0 Å². The van der Waals surface area contributed by atoms with Gasteiger partial charge in [-0.1, -0.05) is 48.5 Å². The molecule has 2 aromatic rings. The Morgan fingerprint density at radius 2 is 1.72 bits per heavy atom. The molecule has 3 rings (SSSR count). The fraction of sp³-hybridized carbons (Fsp3) is 0.133. The number of fused-ring (bicyclic) bond motifs is 1. The Morgan fingerprint density at radius 1 is 1.00 bits per heavy atom. The van der Waals surface area contributed by atoms with Crippen LogP contribution in [-0.2, 0) is 13.1 Å². The van der Waals surface area contributed by atoms with Crippen molar-refractivity contribution in [2.45, 2.75) is 13.1 Å². The number of amides is 1. The van der Waals surface area contributed by atoms with Gasteiger partial charge in [0.2, 0.25) is 0 Å². The van der Waals surface area contributed by atoms with Gasteiger partial charge in [0.15, 0.2) is 0 Å². The van der Waals surface area contributed by atoms with Crippen molar-refractivity contribution in [1.82, 2.24) is 10.4 Å². The molecule has 0 atom stereocenters. The monoisotopic (exact) mass is 238 g/mol. The van der Waals surface area contributed by atoms with Gasteiger partial charge < -0.3 is 0 Å². The summed E-state index contributed by atoms with van der Waals surface area (Å²) in [7, 11) is 0. The summed E-state index contributed by atoms with van der Waals surface area (Å²) in [5, 5.41) is 1.68. The van der Waals surface area contributed by atoms with Gasteiger partial charge in [0, 0.05) is 12.1 Å². The van der Waals surface area contributed by atoms with Gasteiger partial charge in [-0.3, -0.25) is 9.80 Å². The topological polar surface area (TPSA) is 32.3 Å². The van der Waals surface area contributed by atoms with E-state index in [1.807, 2.05) is 54.6 Å². The summed E-state index contributed by atoms with van der Waals surface area (Å²) >= 11 is 0. The van der Waals surface area contributed by atoms with E-state index in [0.29, 0.717) is 13.1 Å². The van der Waals surface area contributed by atoms with Gasteiger partial charge in [-0.2, -0.15) is 0 Å². The highest BCUT2D eigenvalue weighted by Crippen LogP contribution is 2.20. The first-order chi connectivity index (χ1) is 8.84. The minimum atomic E-state index is 0.0570. The van der Waals surface area contributed by atoms with Crippen LogP contribution >= 0.6 is 0 Å². The number of benzene rings is 2. The van der Waals surface area contributed by atoms with Crippen molar-refractivity contribution >= 4 is 5.91 Å². The number of carbonyl (C=O) groups is 1. The minimum Gasteiger partial charge on any atom is -0.269 e. The average molecular weight is 238 g/mol. The first-order valence-corrected chi connectivity index (χ1v) is 6.02. The zero-order valence-corrected chi connectivity index (χ0v) is 9.97. The summed E-state index contributed by atoms with van der Waals surface area (Å²) < 4.78 is 0. The van der Waals surface area contributed by atoms with Gasteiger partial charge in [0.25, 0.3) is 5.91 Å². The largest absolute Gasteiger partial charge is 0.269 e. The zero-order valence-electron chi connectivity index (χ0n) is 9.97. The SMILES string of the molecule is O=C1c2ccccc2CN1NCc1ccccc1. The van der Waals surface area contributed by atoms with E-state index < -0.39 is 0 Å². The van der Waals surface area contributed by atoms with Crippen molar-refractivity contribution < 1.29 is 4.79 Å². The highest BCUT2D eigenvalue weighted by molar-refractivity contribution is 5.97. The van der Waals surface area contributed by atoms with Crippen molar-refractivity contribution in [3.63, 3.8) is 0 Å². The molecule has 1 N–H and O–H groups in total. The van der Waals surface area contributed by atoms with Crippen molar-refractivity contribution in [2.24, 2.45) is 0 Å². The number of nitrogens with one attached hydrogen (secondary N) is 1. The van der Waals surface area contributed by atoms with Crippen LogP contribution in [-0.4, -0.2) is 10.9 Å². The Hall–Kier alpha value is -2.13. The van der Waals surface area contributed by atoms with Crippen LogP contribution in [0.3, 0.4) is 0 Å². The smallest absolute Gasteiger partial charge is 0.268 e. The summed E-state index contributed by atoms with van der Waals surface area (Å²) in [6.45, 7) is 1.31. The normalized spacial score (nSPS) is 13.8. The summed E-state index contributed by atoms with van der Waals surface area (Å²) in [6, 6.07) is 17.8. The molecule has 0 radical (unpaired) electrons. The maximum absolute atomic E-state index is 12.1. The van der Waals surface area contributed by atoms with E-state index in [9.17, 15) is 4.79 Å². The summed E-state index contributed by atoms with van der Waals surface area (Å²) in [5.74, 6) is 0.0570. The predicted molar refractivity (Wildman–Crippen MR) is 69.6 cm³/mol. The number of carbonyl (C=O) groups excluding carboxylic acids is 1. The minimum absolute atomic E-state index is 0.0570. The van der Waals surface area contributed by atoms with Crippen LogP contribution < -0.4 is 5.43 Å². The predicted octanol–water partition coefficient (Wildman–Crippen LogP) is 2.35. The molecule has 0 aliphatic carbocycles. The van der Waals surface area contributed by atoms with E-state index in [2.05, 4.69) is 5.43 Å². The molecule has 18 heavy (non-hydrogen) atoms. The van der Waals surface area contributed by atoms with E-state index in [1.165, 1.54) is 5.56 Å². The lowest BCUT2D eigenvalue weighted by atomic mass is 10.1. The molecular weight excluding hydrogens is 224 g/mol. The fourth-order valence-electron chi connectivity index (χ4n) is 2.16. The molecule has 1 heterocycles. The third kappa shape index (κ3) is 2.00. The van der Waals surface area contributed by atoms with Gasteiger partial charge in [-0.15, -0.1) is 0 Å². The molecule has 1 aliphatic heterocycles. The molecule has 1 amide bonds. The molecule has 3 heteroatoms. The van der Waals surface area contributed by atoms with Gasteiger partial charge in [0.1, 0.15) is 0 Å². The van der Waals surface area contributed by atoms with Crippen LogP contribution in [0.15, 0.2) is 54.6 Å². The Morgan fingerprint density at radius 3 is 2.50 bits per heavy atom. The van der Waals surface area contributed by atoms with Crippen molar-refractivity contribution in [2.75, 3.05) is 0 Å². The van der Waals surface area contributed by atoms with Crippen LogP contribution in [0.5, 0.6) is 0 Å². The fourth-order valence-corrected chi connectivity index (χ4v) is 2.16. The summed E-state index contributed by atoms with van der Waals surface area (Å²) in [5.41, 5.74) is 6.24. The molecule has 0 fully saturated rings. The van der Waals surface area contributed by atoms with Crippen LogP contribution in [0.25, 0.3) is 0 Å². The van der Waals surface area contributed by atoms with Crippen molar-refractivity contribution in [1.29, 1.82) is 0 Å². The first kappa shape index (κ1) is 11.0. The molecule has 90 valence electrons. The summed E-state index contributed by atoms with van der Waals surface area (Å²) in [4.78, 5) is 12.1. The Bertz CT molecular complexity index is 566. The highest BCUT2D eigenvalue weighted by atomic mass is 16.2. The molecule has 0 bridgehead atoms. The Labute approximate surface area is 106 Å². The third-order valence-electron chi connectivity index (χ3n) is 3.14. The quantitative estimate of drug-likeness (QED) is 0.890. The number of hydrazine groups is 1. The van der Waals surface area contributed by atoms with Crippen LogP contribution in [0.4, 0.5) is 0 Å². The highest BCUT2D eigenvalue weighted by Gasteiger charge is 2.26. The molecule has 0 spiro atoms. The van der Waals surface area contributed by atoms with E-state index in [0.717, 1.165) is 11.1 Å². The molecule has 3 nitrogen and oxygen atoms in total. The van der Waals surface area contributed by atoms with Gasteiger partial charge in [0.05, 0.1) is 6.54 Å². The average Bonchev–Trinajstić information content (AvgIpc) is 2.75. The molecule has 0 aromatic heterocycles. The van der Waals surface area contributed by atoms with Crippen LogP contribution in [0.2, 0.25) is 0 Å². The van der Waals surface area contributed by atoms with E-state index in [4.69, 9.17) is 0 Å².